The summed E-state index contributed by atoms with van der Waals surface area (Å²) in [6.45, 7) is 9.47. The van der Waals surface area contributed by atoms with Gasteiger partial charge >= 0.3 is 6.09 Å². The van der Waals surface area contributed by atoms with E-state index in [1.807, 2.05) is 20.8 Å². The number of aliphatic hydroxyl groups excluding tert-OH is 1. The average molecular weight is 588 g/mol. The van der Waals surface area contributed by atoms with Crippen molar-refractivity contribution >= 4 is 23.6 Å². The van der Waals surface area contributed by atoms with E-state index >= 15 is 0 Å². The van der Waals surface area contributed by atoms with E-state index in [1.165, 1.54) is 20.3 Å². The molecular formula is C31H45N3O8. The van der Waals surface area contributed by atoms with E-state index in [2.05, 4.69) is 10.6 Å². The van der Waals surface area contributed by atoms with Crippen LogP contribution in [0.2, 0.25) is 0 Å². The van der Waals surface area contributed by atoms with Gasteiger partial charge in [-0.15, -0.1) is 0 Å². The number of primary amides is 1. The molecule has 1 aliphatic carbocycles. The predicted molar refractivity (Wildman–Crippen MR) is 158 cm³/mol. The molecule has 0 saturated carbocycles. The van der Waals surface area contributed by atoms with Crippen LogP contribution in [0.4, 0.5) is 4.79 Å². The number of carbonyl (C=O) groups is 4. The lowest BCUT2D eigenvalue weighted by Crippen LogP contribution is -2.38. The maximum atomic E-state index is 13.6. The van der Waals surface area contributed by atoms with Crippen molar-refractivity contribution in [3.63, 3.8) is 0 Å². The Kier molecular flexibility index (Phi) is 13.4. The average Bonchev–Trinajstić information content (AvgIpc) is 2.94. The largest absolute Gasteiger partial charge is 0.439 e. The molecule has 2 bridgehead atoms. The van der Waals surface area contributed by atoms with Gasteiger partial charge in [0.1, 0.15) is 6.10 Å². The smallest absolute Gasteiger partial charge is 0.405 e. The summed E-state index contributed by atoms with van der Waals surface area (Å²) in [4.78, 5) is 51.4. The van der Waals surface area contributed by atoms with Crippen LogP contribution < -0.4 is 16.4 Å². The topological polar surface area (TPSA) is 166 Å². The molecule has 5 N–H and O–H groups in total. The Morgan fingerprint density at radius 2 is 1.86 bits per heavy atom. The zero-order valence-electron chi connectivity index (χ0n) is 25.6. The number of aliphatic hydroxyl groups is 1. The molecule has 1 aliphatic heterocycles. The number of nitrogens with two attached hydrogens (primary N) is 1. The molecule has 2 rings (SSSR count). The third-order valence-corrected chi connectivity index (χ3v) is 7.35. The van der Waals surface area contributed by atoms with Gasteiger partial charge in [-0.1, -0.05) is 45.1 Å². The van der Waals surface area contributed by atoms with Gasteiger partial charge in [-0.25, -0.2) is 4.79 Å². The zero-order valence-corrected chi connectivity index (χ0v) is 25.6. The molecule has 0 radical (unpaired) electrons. The van der Waals surface area contributed by atoms with Crippen LogP contribution in [-0.2, 0) is 28.6 Å². The monoisotopic (exact) mass is 587 g/mol. The number of ketones is 2. The molecule has 42 heavy (non-hydrogen) atoms. The van der Waals surface area contributed by atoms with E-state index in [9.17, 15) is 24.3 Å². The number of allylic oxidation sites excluding steroid dienone is 4. The van der Waals surface area contributed by atoms with E-state index in [1.54, 1.807) is 32.1 Å². The van der Waals surface area contributed by atoms with E-state index < -0.39 is 53.9 Å². The first-order chi connectivity index (χ1) is 19.8. The fourth-order valence-electron chi connectivity index (χ4n) is 5.03. The van der Waals surface area contributed by atoms with E-state index in [0.29, 0.717) is 18.5 Å². The van der Waals surface area contributed by atoms with Crippen LogP contribution in [0, 0.1) is 11.8 Å². The minimum absolute atomic E-state index is 0.106. The lowest BCUT2D eigenvalue weighted by molar-refractivity contribution is -0.120. The first-order valence-corrected chi connectivity index (χ1v) is 14.2. The van der Waals surface area contributed by atoms with Gasteiger partial charge in [-0.05, 0) is 44.6 Å². The summed E-state index contributed by atoms with van der Waals surface area (Å²) in [7, 11) is 2.94. The van der Waals surface area contributed by atoms with Crippen LogP contribution in [0.15, 0.2) is 58.5 Å². The van der Waals surface area contributed by atoms with E-state index in [-0.39, 0.29) is 34.9 Å². The highest BCUT2D eigenvalue weighted by molar-refractivity contribution is 6.23. The van der Waals surface area contributed by atoms with Crippen molar-refractivity contribution in [1.29, 1.82) is 0 Å². The quantitative estimate of drug-likeness (QED) is 0.270. The maximum absolute atomic E-state index is 13.6. The van der Waals surface area contributed by atoms with Crippen LogP contribution in [0.3, 0.4) is 0 Å². The number of hydrogen-bond donors (Lipinski definition) is 4. The Balaban J connectivity index is 2.61. The van der Waals surface area contributed by atoms with Crippen molar-refractivity contribution in [2.45, 2.75) is 78.3 Å². The van der Waals surface area contributed by atoms with E-state index in [0.717, 1.165) is 12.5 Å². The summed E-state index contributed by atoms with van der Waals surface area (Å²) < 4.78 is 16.6. The van der Waals surface area contributed by atoms with Crippen molar-refractivity contribution < 1.29 is 38.5 Å². The van der Waals surface area contributed by atoms with Gasteiger partial charge in [0.2, 0.25) is 11.6 Å². The van der Waals surface area contributed by atoms with Crippen molar-refractivity contribution in [3.05, 3.63) is 58.5 Å². The first kappa shape index (κ1) is 34.7. The number of methoxy groups -OCH3 is 2. The Morgan fingerprint density at radius 1 is 1.17 bits per heavy atom. The van der Waals surface area contributed by atoms with Gasteiger partial charge in [0, 0.05) is 43.9 Å². The van der Waals surface area contributed by atoms with Gasteiger partial charge in [0.25, 0.3) is 5.91 Å². The van der Waals surface area contributed by atoms with Crippen LogP contribution in [0.5, 0.6) is 0 Å². The molecule has 2 aliphatic rings. The summed E-state index contributed by atoms with van der Waals surface area (Å²) in [6, 6.07) is 0. The number of Topliss-reactive ketones (excluding diaryl/α,β-unsaturated/α-hetero) is 1. The lowest BCUT2D eigenvalue weighted by Gasteiger charge is -2.30. The normalized spacial score (nSPS) is 31.7. The summed E-state index contributed by atoms with van der Waals surface area (Å²) in [5.74, 6) is -2.01. The van der Waals surface area contributed by atoms with Crippen molar-refractivity contribution in [3.8, 4) is 0 Å². The van der Waals surface area contributed by atoms with Gasteiger partial charge in [-0.2, -0.15) is 0 Å². The molecule has 11 heteroatoms. The highest BCUT2D eigenvalue weighted by Crippen LogP contribution is 2.28. The van der Waals surface area contributed by atoms with Crippen molar-refractivity contribution in [2.24, 2.45) is 17.6 Å². The van der Waals surface area contributed by atoms with Crippen molar-refractivity contribution in [2.75, 3.05) is 20.8 Å². The standard InChI is InChI=1S/C31H45N3O8/c1-8-12-33-26-21-13-17(2)14-25(41-7)27(36)19(4)15-20(5)29(42-31(32)39)24(40-6)11-9-10-18(3)30(38)34-22(28(21)37)16-23(26)35/h9-11,15-17,19,24-25,27,29,33,36H,8,12-14H2,1-7H3,(H2,32,39)(H,34,38)/b11-9-,18-10+,20-15+/t17-,19+,24-,25+,27-,29+/m1/s1. The maximum Gasteiger partial charge on any atom is 0.405 e. The number of rotatable bonds is 6. The molecule has 232 valence electrons. The van der Waals surface area contributed by atoms with Gasteiger partial charge in [0.15, 0.2) is 6.10 Å². The summed E-state index contributed by atoms with van der Waals surface area (Å²) in [6.07, 6.45) is 4.69. The Hall–Kier alpha value is -3.54. The zero-order chi connectivity index (χ0) is 31.6. The Bertz CT molecular complexity index is 1180. The second-order valence-corrected chi connectivity index (χ2v) is 10.9. The molecule has 0 saturated heterocycles. The number of hydrogen-bond acceptors (Lipinski definition) is 9. The number of nitrogens with one attached hydrogen (secondary N) is 2. The third-order valence-electron chi connectivity index (χ3n) is 7.35. The molecule has 0 fully saturated rings. The number of fused-ring (bicyclic) bond motifs is 2. The molecule has 0 aromatic rings. The lowest BCUT2D eigenvalue weighted by atomic mass is 9.85. The van der Waals surface area contributed by atoms with Crippen LogP contribution in [0.25, 0.3) is 0 Å². The molecule has 0 spiro atoms. The third kappa shape index (κ3) is 9.23. The second-order valence-electron chi connectivity index (χ2n) is 10.9. The highest BCUT2D eigenvalue weighted by atomic mass is 16.6. The molecule has 11 nitrogen and oxygen atoms in total. The van der Waals surface area contributed by atoms with Crippen LogP contribution >= 0.6 is 0 Å². The molecule has 0 aromatic carbocycles. The number of ether oxygens (including phenoxy) is 3. The fraction of sp³-hybridized carbons (Fsp3) is 0.548. The molecule has 0 unspecified atom stereocenters. The Labute approximate surface area is 247 Å². The molecule has 6 atom stereocenters. The number of carbonyl (C=O) groups excluding carboxylic acids is 4. The van der Waals surface area contributed by atoms with Crippen molar-refractivity contribution in [1.82, 2.24) is 10.6 Å². The van der Waals surface area contributed by atoms with Gasteiger partial charge in [-0.3, -0.25) is 14.4 Å². The minimum atomic E-state index is -0.995. The molecule has 1 heterocycles. The highest BCUT2D eigenvalue weighted by Gasteiger charge is 2.33. The fourth-order valence-corrected chi connectivity index (χ4v) is 5.03. The van der Waals surface area contributed by atoms with Gasteiger partial charge < -0.3 is 35.7 Å². The van der Waals surface area contributed by atoms with Gasteiger partial charge in [0.05, 0.1) is 23.6 Å². The Morgan fingerprint density at radius 3 is 2.45 bits per heavy atom. The molecule has 2 amide bonds. The second kappa shape index (κ2) is 16.2. The molecule has 0 aromatic heterocycles. The molecular weight excluding hydrogens is 542 g/mol. The summed E-state index contributed by atoms with van der Waals surface area (Å²) in [5.41, 5.74) is 6.59. The summed E-state index contributed by atoms with van der Waals surface area (Å²) in [5, 5.41) is 16.9. The first-order valence-electron chi connectivity index (χ1n) is 14.2. The van der Waals surface area contributed by atoms with Crippen LogP contribution in [0.1, 0.15) is 53.9 Å². The minimum Gasteiger partial charge on any atom is -0.439 e. The van der Waals surface area contributed by atoms with E-state index in [4.69, 9.17) is 19.9 Å². The summed E-state index contributed by atoms with van der Waals surface area (Å²) >= 11 is 0. The van der Waals surface area contributed by atoms with Crippen LogP contribution in [-0.4, -0.2) is 73.9 Å². The number of amides is 2. The SMILES string of the molecule is CCCNC1=C2C[C@@H](C)C[C@H](OC)[C@H](O)[C@@H](C)/C=C(\C)[C@H](OC(N)=O)[C@H](OC)/C=C\C=C(/C)C(=O)NC(=CC1=O)C2=O. The predicted octanol–water partition coefficient (Wildman–Crippen LogP) is 2.76.